The molecule has 0 saturated carbocycles. The highest BCUT2D eigenvalue weighted by atomic mass is 16.2. The van der Waals surface area contributed by atoms with Gasteiger partial charge in [-0.3, -0.25) is 15.1 Å². The van der Waals surface area contributed by atoms with Crippen LogP contribution < -0.4 is 11.3 Å². The van der Waals surface area contributed by atoms with Crippen LogP contribution in [0, 0.1) is 5.92 Å². The third kappa shape index (κ3) is 2.54. The highest BCUT2D eigenvalue weighted by Gasteiger charge is 2.36. The molecule has 0 spiro atoms. The average molecular weight is 247 g/mol. The molecule has 4 heteroatoms. The normalized spacial score (nSPS) is 25.9. The Hall–Kier alpha value is -1.39. The first-order chi connectivity index (χ1) is 8.63. The molecule has 1 aliphatic rings. The fourth-order valence-corrected chi connectivity index (χ4v) is 2.90. The maximum atomic E-state index is 12.1. The van der Waals surface area contributed by atoms with Gasteiger partial charge < -0.3 is 0 Å². The number of hydrazine groups is 1. The minimum Gasteiger partial charge on any atom is -0.293 e. The molecule has 2 rings (SSSR count). The molecule has 18 heavy (non-hydrogen) atoms. The maximum absolute atomic E-state index is 12.1. The van der Waals surface area contributed by atoms with E-state index in [1.165, 1.54) is 0 Å². The standard InChI is InChI=1S/C14H21N3O/c1-10-8-11(2)17(9-10)13(14(18)16-15)12-6-4-3-5-7-12/h3-7,10-11,13H,8-9,15H2,1-2H3,(H,16,18). The number of likely N-dealkylation sites (tertiary alicyclic amines) is 1. The predicted octanol–water partition coefficient (Wildman–Crippen LogP) is 1.45. The third-order valence-electron chi connectivity index (χ3n) is 3.67. The summed E-state index contributed by atoms with van der Waals surface area (Å²) in [5.41, 5.74) is 3.30. The van der Waals surface area contributed by atoms with Crippen LogP contribution in [0.4, 0.5) is 0 Å². The molecule has 0 radical (unpaired) electrons. The largest absolute Gasteiger partial charge is 0.293 e. The first kappa shape index (κ1) is 13.1. The van der Waals surface area contributed by atoms with Gasteiger partial charge >= 0.3 is 0 Å². The second-order valence-corrected chi connectivity index (χ2v) is 5.21. The molecule has 3 N–H and O–H groups in total. The van der Waals surface area contributed by atoms with Crippen LogP contribution in [0.2, 0.25) is 0 Å². The van der Waals surface area contributed by atoms with Gasteiger partial charge in [-0.15, -0.1) is 0 Å². The molecule has 1 aromatic rings. The van der Waals surface area contributed by atoms with Crippen LogP contribution in [0.15, 0.2) is 30.3 Å². The Morgan fingerprint density at radius 2 is 2.06 bits per heavy atom. The SMILES string of the molecule is CC1CC(C)N(C(C(=O)NN)c2ccccc2)C1. The van der Waals surface area contributed by atoms with Crippen molar-refractivity contribution in [2.75, 3.05) is 6.54 Å². The number of nitrogens with two attached hydrogens (primary N) is 1. The number of carbonyl (C=O) groups is 1. The Balaban J connectivity index is 2.29. The summed E-state index contributed by atoms with van der Waals surface area (Å²) < 4.78 is 0. The zero-order valence-corrected chi connectivity index (χ0v) is 11.0. The van der Waals surface area contributed by atoms with Crippen molar-refractivity contribution in [3.8, 4) is 0 Å². The van der Waals surface area contributed by atoms with Crippen LogP contribution in [0.3, 0.4) is 0 Å². The van der Waals surface area contributed by atoms with Gasteiger partial charge in [0.2, 0.25) is 0 Å². The minimum absolute atomic E-state index is 0.137. The highest BCUT2D eigenvalue weighted by Crippen LogP contribution is 2.31. The number of hydrogen-bond acceptors (Lipinski definition) is 3. The van der Waals surface area contributed by atoms with Gasteiger partial charge in [0, 0.05) is 12.6 Å². The Morgan fingerprint density at radius 1 is 1.39 bits per heavy atom. The second kappa shape index (κ2) is 5.50. The lowest BCUT2D eigenvalue weighted by atomic mass is 10.0. The molecule has 0 aliphatic carbocycles. The summed E-state index contributed by atoms with van der Waals surface area (Å²) in [6, 6.07) is 9.95. The quantitative estimate of drug-likeness (QED) is 0.483. The van der Waals surface area contributed by atoms with Crippen LogP contribution in [0.1, 0.15) is 31.9 Å². The van der Waals surface area contributed by atoms with Gasteiger partial charge in [0.1, 0.15) is 6.04 Å². The van der Waals surface area contributed by atoms with Crippen LogP contribution in [-0.4, -0.2) is 23.4 Å². The van der Waals surface area contributed by atoms with Crippen molar-refractivity contribution in [3.63, 3.8) is 0 Å². The minimum atomic E-state index is -0.281. The van der Waals surface area contributed by atoms with E-state index in [0.717, 1.165) is 18.5 Å². The number of nitrogens with one attached hydrogen (secondary N) is 1. The molecule has 0 bridgehead atoms. The molecule has 3 atom stereocenters. The van der Waals surface area contributed by atoms with Gasteiger partial charge in [-0.05, 0) is 24.8 Å². The molecule has 1 aliphatic heterocycles. The summed E-state index contributed by atoms with van der Waals surface area (Å²) in [4.78, 5) is 14.3. The molecular weight excluding hydrogens is 226 g/mol. The van der Waals surface area contributed by atoms with E-state index in [2.05, 4.69) is 24.2 Å². The molecule has 1 amide bonds. The van der Waals surface area contributed by atoms with Crippen molar-refractivity contribution in [2.45, 2.75) is 32.4 Å². The van der Waals surface area contributed by atoms with E-state index in [0.29, 0.717) is 12.0 Å². The van der Waals surface area contributed by atoms with E-state index < -0.39 is 0 Å². The Bertz CT molecular complexity index is 407. The number of amides is 1. The molecular formula is C14H21N3O. The zero-order valence-electron chi connectivity index (χ0n) is 11.0. The van der Waals surface area contributed by atoms with Crippen molar-refractivity contribution >= 4 is 5.91 Å². The summed E-state index contributed by atoms with van der Waals surface area (Å²) in [6.07, 6.45) is 1.13. The number of rotatable bonds is 3. The first-order valence-corrected chi connectivity index (χ1v) is 6.44. The Morgan fingerprint density at radius 3 is 2.56 bits per heavy atom. The van der Waals surface area contributed by atoms with E-state index in [9.17, 15) is 4.79 Å². The number of hydrogen-bond donors (Lipinski definition) is 2. The van der Waals surface area contributed by atoms with E-state index in [1.807, 2.05) is 30.3 Å². The van der Waals surface area contributed by atoms with Crippen LogP contribution in [0.25, 0.3) is 0 Å². The van der Waals surface area contributed by atoms with Crippen molar-refractivity contribution in [1.82, 2.24) is 10.3 Å². The smallest absolute Gasteiger partial charge is 0.255 e. The second-order valence-electron chi connectivity index (χ2n) is 5.21. The van der Waals surface area contributed by atoms with Crippen LogP contribution >= 0.6 is 0 Å². The van der Waals surface area contributed by atoms with Crippen molar-refractivity contribution in [3.05, 3.63) is 35.9 Å². The highest BCUT2D eigenvalue weighted by molar-refractivity contribution is 5.82. The van der Waals surface area contributed by atoms with Crippen LogP contribution in [-0.2, 0) is 4.79 Å². The molecule has 1 fully saturated rings. The van der Waals surface area contributed by atoms with Gasteiger partial charge in [-0.25, -0.2) is 5.84 Å². The van der Waals surface area contributed by atoms with Crippen molar-refractivity contribution in [1.29, 1.82) is 0 Å². The number of nitrogens with zero attached hydrogens (tertiary/aromatic N) is 1. The van der Waals surface area contributed by atoms with Gasteiger partial charge in [0.05, 0.1) is 0 Å². The van der Waals surface area contributed by atoms with Gasteiger partial charge in [-0.1, -0.05) is 37.3 Å². The van der Waals surface area contributed by atoms with E-state index in [4.69, 9.17) is 5.84 Å². The Kier molecular flexibility index (Phi) is 3.99. The van der Waals surface area contributed by atoms with E-state index >= 15 is 0 Å². The fraction of sp³-hybridized carbons (Fsp3) is 0.500. The lowest BCUT2D eigenvalue weighted by Crippen LogP contribution is -2.44. The molecule has 1 heterocycles. The zero-order chi connectivity index (χ0) is 13.1. The molecule has 0 aromatic heterocycles. The lowest BCUT2D eigenvalue weighted by molar-refractivity contribution is -0.127. The number of benzene rings is 1. The van der Waals surface area contributed by atoms with E-state index in [-0.39, 0.29) is 11.9 Å². The summed E-state index contributed by atoms with van der Waals surface area (Å²) in [6.45, 7) is 5.33. The van der Waals surface area contributed by atoms with Crippen molar-refractivity contribution in [2.24, 2.45) is 11.8 Å². The summed E-state index contributed by atoms with van der Waals surface area (Å²) in [7, 11) is 0. The van der Waals surface area contributed by atoms with Gasteiger partial charge in [-0.2, -0.15) is 0 Å². The third-order valence-corrected chi connectivity index (χ3v) is 3.67. The van der Waals surface area contributed by atoms with Gasteiger partial charge in [0.25, 0.3) is 5.91 Å². The molecule has 4 nitrogen and oxygen atoms in total. The first-order valence-electron chi connectivity index (χ1n) is 6.44. The maximum Gasteiger partial charge on any atom is 0.255 e. The monoisotopic (exact) mass is 247 g/mol. The van der Waals surface area contributed by atoms with E-state index in [1.54, 1.807) is 0 Å². The summed E-state index contributed by atoms with van der Waals surface area (Å²) in [5, 5.41) is 0. The lowest BCUT2D eigenvalue weighted by Gasteiger charge is -2.30. The van der Waals surface area contributed by atoms with Crippen molar-refractivity contribution < 1.29 is 4.79 Å². The fourth-order valence-electron chi connectivity index (χ4n) is 2.90. The Labute approximate surface area is 108 Å². The summed E-state index contributed by atoms with van der Waals surface area (Å²) in [5.74, 6) is 5.82. The molecule has 1 aromatic carbocycles. The molecule has 3 unspecified atom stereocenters. The summed E-state index contributed by atoms with van der Waals surface area (Å²) >= 11 is 0. The van der Waals surface area contributed by atoms with Gasteiger partial charge in [0.15, 0.2) is 0 Å². The van der Waals surface area contributed by atoms with Crippen LogP contribution in [0.5, 0.6) is 0 Å². The molecule has 1 saturated heterocycles. The predicted molar refractivity (Wildman–Crippen MR) is 71.5 cm³/mol. The molecule has 98 valence electrons. The number of carbonyl (C=O) groups excluding carboxylic acids is 1. The average Bonchev–Trinajstić information content (AvgIpc) is 2.70. The topological polar surface area (TPSA) is 58.4 Å².